The predicted molar refractivity (Wildman–Crippen MR) is 88.5 cm³/mol. The molecular weight excluding hydrogens is 404 g/mol. The largest absolute Gasteiger partial charge is 0.461 e. The highest BCUT2D eigenvalue weighted by Crippen LogP contribution is 2.28. The summed E-state index contributed by atoms with van der Waals surface area (Å²) in [5, 5.41) is 3.08. The summed E-state index contributed by atoms with van der Waals surface area (Å²) >= 11 is 6.86. The standard InChI is InChI=1S/C12H14Br2N6O/c1-6(2)21-12-18-10(17-11(19-12)20-15)16-9-4-3-7(13)5-8(9)14/h3-6H,15H2,1-2H3,(H2,16,17,18,19,20). The topological polar surface area (TPSA) is 98.0 Å². The van der Waals surface area contributed by atoms with Gasteiger partial charge in [-0.05, 0) is 48.0 Å². The first kappa shape index (κ1) is 15.9. The minimum atomic E-state index is -0.0507. The number of nitrogen functional groups attached to an aromatic ring is 1. The summed E-state index contributed by atoms with van der Waals surface area (Å²) in [6.45, 7) is 3.77. The van der Waals surface area contributed by atoms with Crippen molar-refractivity contribution < 1.29 is 4.74 Å². The Kier molecular flexibility index (Phi) is 5.32. The van der Waals surface area contributed by atoms with Gasteiger partial charge < -0.3 is 10.1 Å². The molecule has 0 aliphatic heterocycles. The summed E-state index contributed by atoms with van der Waals surface area (Å²) in [5.74, 6) is 5.91. The monoisotopic (exact) mass is 416 g/mol. The number of halogens is 2. The smallest absolute Gasteiger partial charge is 0.323 e. The van der Waals surface area contributed by atoms with E-state index in [0.29, 0.717) is 5.95 Å². The average Bonchev–Trinajstić information content (AvgIpc) is 2.41. The van der Waals surface area contributed by atoms with Crippen molar-refractivity contribution in [1.82, 2.24) is 15.0 Å². The zero-order chi connectivity index (χ0) is 15.4. The fraction of sp³-hybridized carbons (Fsp3) is 0.250. The number of hydrogen-bond donors (Lipinski definition) is 3. The zero-order valence-electron chi connectivity index (χ0n) is 11.4. The second-order valence-electron chi connectivity index (χ2n) is 4.33. The molecule has 4 N–H and O–H groups in total. The number of nitrogens with zero attached hydrogens (tertiary/aromatic N) is 3. The van der Waals surface area contributed by atoms with E-state index in [1.807, 2.05) is 32.0 Å². The SMILES string of the molecule is CC(C)Oc1nc(NN)nc(Nc2ccc(Br)cc2Br)n1. The molecule has 21 heavy (non-hydrogen) atoms. The van der Waals surface area contributed by atoms with Crippen molar-refractivity contribution >= 4 is 49.4 Å². The predicted octanol–water partition coefficient (Wildman–Crippen LogP) is 3.21. The number of hydrogen-bond acceptors (Lipinski definition) is 7. The molecule has 0 unspecified atom stereocenters. The molecule has 0 amide bonds. The molecule has 1 heterocycles. The molecule has 112 valence electrons. The highest BCUT2D eigenvalue weighted by molar-refractivity contribution is 9.11. The van der Waals surface area contributed by atoms with Crippen LogP contribution in [-0.2, 0) is 0 Å². The van der Waals surface area contributed by atoms with Gasteiger partial charge in [-0.3, -0.25) is 5.43 Å². The quantitative estimate of drug-likeness (QED) is 0.507. The number of rotatable bonds is 5. The van der Waals surface area contributed by atoms with Gasteiger partial charge in [0.05, 0.1) is 11.8 Å². The van der Waals surface area contributed by atoms with Crippen molar-refractivity contribution in [2.45, 2.75) is 20.0 Å². The molecule has 0 aliphatic rings. The average molecular weight is 418 g/mol. The Bertz CT molecular complexity index is 637. The second kappa shape index (κ2) is 7.01. The van der Waals surface area contributed by atoms with E-state index >= 15 is 0 Å². The number of ether oxygens (including phenoxy) is 1. The maximum absolute atomic E-state index is 5.47. The Morgan fingerprint density at radius 2 is 1.86 bits per heavy atom. The van der Waals surface area contributed by atoms with Crippen molar-refractivity contribution in [2.75, 3.05) is 10.7 Å². The third-order valence-corrected chi connectivity index (χ3v) is 3.41. The van der Waals surface area contributed by atoms with Gasteiger partial charge in [-0.2, -0.15) is 15.0 Å². The number of nitrogens with one attached hydrogen (secondary N) is 2. The van der Waals surface area contributed by atoms with Crippen LogP contribution in [-0.4, -0.2) is 21.1 Å². The zero-order valence-corrected chi connectivity index (χ0v) is 14.6. The maximum atomic E-state index is 5.47. The molecule has 9 heteroatoms. The van der Waals surface area contributed by atoms with E-state index in [9.17, 15) is 0 Å². The minimum Gasteiger partial charge on any atom is -0.461 e. The molecule has 0 aliphatic carbocycles. The van der Waals surface area contributed by atoms with E-state index in [4.69, 9.17) is 10.6 Å². The van der Waals surface area contributed by atoms with E-state index in [1.165, 1.54) is 0 Å². The lowest BCUT2D eigenvalue weighted by Crippen LogP contribution is -2.15. The Morgan fingerprint density at radius 1 is 1.14 bits per heavy atom. The van der Waals surface area contributed by atoms with E-state index in [0.717, 1.165) is 14.6 Å². The van der Waals surface area contributed by atoms with Crippen LogP contribution in [0.1, 0.15) is 13.8 Å². The van der Waals surface area contributed by atoms with Gasteiger partial charge >= 0.3 is 6.01 Å². The van der Waals surface area contributed by atoms with Crippen LogP contribution >= 0.6 is 31.9 Å². The fourth-order valence-corrected chi connectivity index (χ4v) is 2.60. The van der Waals surface area contributed by atoms with E-state index in [-0.39, 0.29) is 18.1 Å². The lowest BCUT2D eigenvalue weighted by molar-refractivity contribution is 0.222. The number of benzene rings is 1. The van der Waals surface area contributed by atoms with Gasteiger partial charge in [0.15, 0.2) is 0 Å². The summed E-state index contributed by atoms with van der Waals surface area (Å²) in [7, 11) is 0. The molecule has 0 atom stereocenters. The van der Waals surface area contributed by atoms with Gasteiger partial charge in [-0.25, -0.2) is 5.84 Å². The fourth-order valence-electron chi connectivity index (χ4n) is 1.45. The molecule has 0 saturated carbocycles. The summed E-state index contributed by atoms with van der Waals surface area (Å²) < 4.78 is 7.30. The number of aromatic nitrogens is 3. The summed E-state index contributed by atoms with van der Waals surface area (Å²) in [5.41, 5.74) is 3.20. The number of anilines is 3. The first-order valence-corrected chi connectivity index (χ1v) is 7.68. The van der Waals surface area contributed by atoms with E-state index in [2.05, 4.69) is 57.6 Å². The molecule has 2 aromatic rings. The van der Waals surface area contributed by atoms with Crippen LogP contribution in [0.2, 0.25) is 0 Å². The first-order valence-electron chi connectivity index (χ1n) is 6.09. The number of hydrazine groups is 1. The van der Waals surface area contributed by atoms with Gasteiger partial charge in [-0.1, -0.05) is 15.9 Å². The number of nitrogens with two attached hydrogens (primary N) is 1. The Hall–Kier alpha value is -1.45. The summed E-state index contributed by atoms with van der Waals surface area (Å²) in [4.78, 5) is 12.4. The van der Waals surface area contributed by atoms with Gasteiger partial charge in [0.2, 0.25) is 11.9 Å². The molecular formula is C12H14Br2N6O. The Morgan fingerprint density at radius 3 is 2.48 bits per heavy atom. The van der Waals surface area contributed by atoms with Gasteiger partial charge in [0.25, 0.3) is 0 Å². The highest BCUT2D eigenvalue weighted by atomic mass is 79.9. The molecule has 1 aromatic carbocycles. The normalized spacial score (nSPS) is 10.6. The van der Waals surface area contributed by atoms with Crippen molar-refractivity contribution in [2.24, 2.45) is 5.84 Å². The minimum absolute atomic E-state index is 0.0507. The Labute approximate surface area is 139 Å². The van der Waals surface area contributed by atoms with Crippen molar-refractivity contribution in [3.63, 3.8) is 0 Å². The maximum Gasteiger partial charge on any atom is 0.323 e. The molecule has 0 fully saturated rings. The summed E-state index contributed by atoms with van der Waals surface area (Å²) in [6, 6.07) is 5.90. The third kappa shape index (κ3) is 4.51. The van der Waals surface area contributed by atoms with Crippen LogP contribution in [0.25, 0.3) is 0 Å². The van der Waals surface area contributed by atoms with Crippen molar-refractivity contribution in [3.8, 4) is 6.01 Å². The van der Waals surface area contributed by atoms with Crippen LogP contribution in [0.15, 0.2) is 27.1 Å². The van der Waals surface area contributed by atoms with Gasteiger partial charge in [0.1, 0.15) is 0 Å². The second-order valence-corrected chi connectivity index (χ2v) is 6.10. The Balaban J connectivity index is 2.29. The third-order valence-electron chi connectivity index (χ3n) is 2.26. The van der Waals surface area contributed by atoms with E-state index in [1.54, 1.807) is 0 Å². The van der Waals surface area contributed by atoms with Crippen LogP contribution < -0.4 is 21.3 Å². The van der Waals surface area contributed by atoms with E-state index < -0.39 is 0 Å². The molecule has 0 spiro atoms. The molecule has 7 nitrogen and oxygen atoms in total. The van der Waals surface area contributed by atoms with Crippen LogP contribution in [0.4, 0.5) is 17.6 Å². The van der Waals surface area contributed by atoms with Crippen LogP contribution in [0.3, 0.4) is 0 Å². The highest BCUT2D eigenvalue weighted by Gasteiger charge is 2.10. The molecule has 2 rings (SSSR count). The van der Waals surface area contributed by atoms with Crippen LogP contribution in [0.5, 0.6) is 6.01 Å². The summed E-state index contributed by atoms with van der Waals surface area (Å²) in [6.07, 6.45) is -0.0507. The molecule has 0 bridgehead atoms. The van der Waals surface area contributed by atoms with Crippen molar-refractivity contribution in [3.05, 3.63) is 27.1 Å². The van der Waals surface area contributed by atoms with Crippen molar-refractivity contribution in [1.29, 1.82) is 0 Å². The lowest BCUT2D eigenvalue weighted by atomic mass is 10.3. The first-order chi connectivity index (χ1) is 9.97. The molecule has 1 aromatic heterocycles. The lowest BCUT2D eigenvalue weighted by Gasteiger charge is -2.12. The van der Waals surface area contributed by atoms with Gasteiger partial charge in [-0.15, -0.1) is 0 Å². The molecule has 0 saturated heterocycles. The van der Waals surface area contributed by atoms with Crippen LogP contribution in [0, 0.1) is 0 Å². The van der Waals surface area contributed by atoms with Gasteiger partial charge in [0, 0.05) is 8.95 Å². The molecule has 0 radical (unpaired) electrons.